The van der Waals surface area contributed by atoms with Gasteiger partial charge < -0.3 is 25.6 Å². The molecule has 2 amide bonds. The first-order valence-electron chi connectivity index (χ1n) is 10.7. The molecule has 0 heterocycles. The predicted octanol–water partition coefficient (Wildman–Crippen LogP) is 2.36. The molecule has 0 aromatic heterocycles. The first-order valence-corrected chi connectivity index (χ1v) is 10.7. The van der Waals surface area contributed by atoms with Gasteiger partial charge in [-0.1, -0.05) is 12.1 Å². The summed E-state index contributed by atoms with van der Waals surface area (Å²) in [4.78, 5) is 35.5. The number of hydrogen-bond acceptors (Lipinski definition) is 5. The fraction of sp³-hybridized carbons (Fsp3) is 0.375. The van der Waals surface area contributed by atoms with E-state index in [4.69, 9.17) is 14.9 Å². The second kappa shape index (κ2) is 11.3. The third-order valence-electron chi connectivity index (χ3n) is 5.51. The van der Waals surface area contributed by atoms with E-state index < -0.39 is 5.97 Å². The van der Waals surface area contributed by atoms with E-state index in [1.54, 1.807) is 48.5 Å². The number of aliphatic hydroxyl groups is 1. The van der Waals surface area contributed by atoms with Crippen LogP contribution in [0.4, 0.5) is 0 Å². The maximum atomic E-state index is 12.3. The lowest BCUT2D eigenvalue weighted by Crippen LogP contribution is -2.34. The summed E-state index contributed by atoms with van der Waals surface area (Å²) in [5.74, 6) is -0.896. The van der Waals surface area contributed by atoms with E-state index in [1.165, 1.54) is 0 Å². The molecule has 0 spiro atoms. The summed E-state index contributed by atoms with van der Waals surface area (Å²) in [7, 11) is 0. The second-order valence-electron chi connectivity index (χ2n) is 7.82. The third kappa shape index (κ3) is 6.55. The van der Waals surface area contributed by atoms with E-state index >= 15 is 0 Å². The Labute approximate surface area is 186 Å². The van der Waals surface area contributed by atoms with Crippen molar-refractivity contribution in [2.24, 2.45) is 5.92 Å². The van der Waals surface area contributed by atoms with Crippen LogP contribution in [0, 0.1) is 5.92 Å². The molecule has 0 aliphatic heterocycles. The topological polar surface area (TPSA) is 125 Å². The fourth-order valence-corrected chi connectivity index (χ4v) is 3.67. The molecule has 0 radical (unpaired) electrons. The summed E-state index contributed by atoms with van der Waals surface area (Å²) in [5, 5.41) is 23.7. The number of benzene rings is 2. The Balaban J connectivity index is 1.39. The zero-order valence-corrected chi connectivity index (χ0v) is 17.8. The first-order chi connectivity index (χ1) is 15.5. The standard InChI is InChI=1S/C24H28N2O6/c27-15-16-2-1-3-19(14-16)23(29)26-13-12-25-22(28)17-4-8-20(9-5-17)32-21-10-6-18(7-11-21)24(30)31/h1-5,8-9,14,18,21,27H,6-7,10-13,15H2,(H,25,28)(H,26,29)(H,30,31)/t18-,21+. The molecule has 0 bridgehead atoms. The second-order valence-corrected chi connectivity index (χ2v) is 7.82. The van der Waals surface area contributed by atoms with Gasteiger partial charge in [-0.2, -0.15) is 0 Å². The van der Waals surface area contributed by atoms with E-state index in [9.17, 15) is 14.4 Å². The molecule has 0 atom stereocenters. The fourth-order valence-electron chi connectivity index (χ4n) is 3.67. The minimum atomic E-state index is -0.741. The highest BCUT2D eigenvalue weighted by atomic mass is 16.5. The molecule has 3 rings (SSSR count). The Morgan fingerprint density at radius 3 is 2.09 bits per heavy atom. The van der Waals surface area contributed by atoms with Gasteiger partial charge >= 0.3 is 5.97 Å². The number of aliphatic hydroxyl groups excluding tert-OH is 1. The molecular formula is C24H28N2O6. The predicted molar refractivity (Wildman–Crippen MR) is 117 cm³/mol. The van der Waals surface area contributed by atoms with Gasteiger partial charge in [-0.15, -0.1) is 0 Å². The van der Waals surface area contributed by atoms with Gasteiger partial charge in [-0.25, -0.2) is 0 Å². The summed E-state index contributed by atoms with van der Waals surface area (Å²) >= 11 is 0. The van der Waals surface area contributed by atoms with Crippen molar-refractivity contribution in [1.82, 2.24) is 10.6 Å². The van der Waals surface area contributed by atoms with E-state index in [0.717, 1.165) is 0 Å². The van der Waals surface area contributed by atoms with E-state index in [1.807, 2.05) is 0 Å². The quantitative estimate of drug-likeness (QED) is 0.444. The Bertz CT molecular complexity index is 936. The van der Waals surface area contributed by atoms with Gasteiger partial charge in [0.2, 0.25) is 0 Å². The smallest absolute Gasteiger partial charge is 0.306 e. The molecule has 32 heavy (non-hydrogen) atoms. The summed E-state index contributed by atoms with van der Waals surface area (Å²) in [6.07, 6.45) is 2.63. The minimum absolute atomic E-state index is 0.00744. The average Bonchev–Trinajstić information content (AvgIpc) is 2.82. The number of rotatable bonds is 9. The van der Waals surface area contributed by atoms with Gasteiger partial charge in [-0.3, -0.25) is 14.4 Å². The van der Waals surface area contributed by atoms with Crippen LogP contribution in [0.5, 0.6) is 5.75 Å². The molecule has 2 aromatic carbocycles. The summed E-state index contributed by atoms with van der Waals surface area (Å²) in [5.41, 5.74) is 1.59. The van der Waals surface area contributed by atoms with Crippen LogP contribution < -0.4 is 15.4 Å². The van der Waals surface area contributed by atoms with Gasteiger partial charge in [-0.05, 0) is 67.6 Å². The van der Waals surface area contributed by atoms with Crippen molar-refractivity contribution in [2.45, 2.75) is 38.4 Å². The van der Waals surface area contributed by atoms with Crippen molar-refractivity contribution in [3.05, 3.63) is 65.2 Å². The highest BCUT2D eigenvalue weighted by Crippen LogP contribution is 2.28. The van der Waals surface area contributed by atoms with E-state index in [-0.39, 0.29) is 43.5 Å². The van der Waals surface area contributed by atoms with Gasteiger partial charge in [0, 0.05) is 24.2 Å². The number of ether oxygens (including phenoxy) is 1. The lowest BCUT2D eigenvalue weighted by Gasteiger charge is -2.26. The van der Waals surface area contributed by atoms with Crippen LogP contribution in [0.15, 0.2) is 48.5 Å². The zero-order valence-electron chi connectivity index (χ0n) is 17.8. The number of carboxylic acid groups (broad SMARTS) is 1. The molecule has 0 saturated heterocycles. The normalized spacial score (nSPS) is 17.9. The van der Waals surface area contributed by atoms with Crippen LogP contribution in [0.2, 0.25) is 0 Å². The summed E-state index contributed by atoms with van der Waals surface area (Å²) in [6, 6.07) is 13.5. The molecule has 8 heteroatoms. The number of nitrogens with one attached hydrogen (secondary N) is 2. The average molecular weight is 440 g/mol. The van der Waals surface area contributed by atoms with Gasteiger partial charge in [0.05, 0.1) is 18.6 Å². The van der Waals surface area contributed by atoms with Crippen molar-refractivity contribution in [3.8, 4) is 5.75 Å². The van der Waals surface area contributed by atoms with Crippen molar-refractivity contribution >= 4 is 17.8 Å². The van der Waals surface area contributed by atoms with E-state index in [0.29, 0.717) is 48.1 Å². The Kier molecular flexibility index (Phi) is 8.21. The van der Waals surface area contributed by atoms with Gasteiger partial charge in [0.25, 0.3) is 11.8 Å². The number of carbonyl (C=O) groups excluding carboxylic acids is 2. The van der Waals surface area contributed by atoms with Crippen LogP contribution in [0.25, 0.3) is 0 Å². The largest absolute Gasteiger partial charge is 0.490 e. The number of carboxylic acids is 1. The Hall–Kier alpha value is -3.39. The van der Waals surface area contributed by atoms with Crippen LogP contribution >= 0.6 is 0 Å². The van der Waals surface area contributed by atoms with Crippen molar-refractivity contribution < 1.29 is 29.3 Å². The number of hydrogen-bond donors (Lipinski definition) is 4. The molecule has 1 fully saturated rings. The van der Waals surface area contributed by atoms with Crippen molar-refractivity contribution in [2.75, 3.05) is 13.1 Å². The molecular weight excluding hydrogens is 412 g/mol. The molecule has 1 saturated carbocycles. The van der Waals surface area contributed by atoms with Gasteiger partial charge in [0.1, 0.15) is 5.75 Å². The molecule has 8 nitrogen and oxygen atoms in total. The first kappa shape index (κ1) is 23.3. The lowest BCUT2D eigenvalue weighted by atomic mass is 9.87. The number of aliphatic carboxylic acids is 1. The lowest BCUT2D eigenvalue weighted by molar-refractivity contribution is -0.143. The Morgan fingerprint density at radius 1 is 0.875 bits per heavy atom. The highest BCUT2D eigenvalue weighted by Gasteiger charge is 2.26. The molecule has 170 valence electrons. The molecule has 2 aromatic rings. The van der Waals surface area contributed by atoms with Crippen LogP contribution in [-0.4, -0.2) is 47.2 Å². The van der Waals surface area contributed by atoms with E-state index in [2.05, 4.69) is 10.6 Å². The summed E-state index contributed by atoms with van der Waals surface area (Å²) in [6.45, 7) is 0.413. The van der Waals surface area contributed by atoms with Gasteiger partial charge in [0.15, 0.2) is 0 Å². The van der Waals surface area contributed by atoms with Crippen LogP contribution in [0.1, 0.15) is 52.0 Å². The summed E-state index contributed by atoms with van der Waals surface area (Å²) < 4.78 is 5.91. The van der Waals surface area contributed by atoms with Crippen molar-refractivity contribution in [1.29, 1.82) is 0 Å². The molecule has 0 unspecified atom stereocenters. The zero-order chi connectivity index (χ0) is 22.9. The van der Waals surface area contributed by atoms with Crippen molar-refractivity contribution in [3.63, 3.8) is 0 Å². The molecule has 1 aliphatic carbocycles. The molecule has 4 N–H and O–H groups in total. The van der Waals surface area contributed by atoms with Crippen LogP contribution in [0.3, 0.4) is 0 Å². The number of amides is 2. The minimum Gasteiger partial charge on any atom is -0.490 e. The maximum Gasteiger partial charge on any atom is 0.306 e. The molecule has 1 aliphatic rings. The maximum absolute atomic E-state index is 12.3. The highest BCUT2D eigenvalue weighted by molar-refractivity contribution is 5.95. The van der Waals surface area contributed by atoms with Crippen LogP contribution in [-0.2, 0) is 11.4 Å². The number of carbonyl (C=O) groups is 3. The SMILES string of the molecule is O=C(NCCNC(=O)c1cccc(CO)c1)c1ccc(O[C@H]2CC[C@@H](C(=O)O)CC2)cc1. The Morgan fingerprint density at radius 2 is 1.50 bits per heavy atom. The third-order valence-corrected chi connectivity index (χ3v) is 5.51. The monoisotopic (exact) mass is 440 g/mol.